The summed E-state index contributed by atoms with van der Waals surface area (Å²) in [5, 5.41) is 9.88. The van der Waals surface area contributed by atoms with Crippen LogP contribution in [0, 0.1) is 0 Å². The third-order valence-electron chi connectivity index (χ3n) is 4.72. The van der Waals surface area contributed by atoms with Gasteiger partial charge in [0.05, 0.1) is 17.2 Å². The molecule has 0 aliphatic carbocycles. The summed E-state index contributed by atoms with van der Waals surface area (Å²) in [5.41, 5.74) is 1.66. The lowest BCUT2D eigenvalue weighted by atomic mass is 10.1. The van der Waals surface area contributed by atoms with Crippen molar-refractivity contribution in [2.75, 3.05) is 5.32 Å². The van der Waals surface area contributed by atoms with Crippen LogP contribution in [0.15, 0.2) is 53.1 Å². The number of aromatic nitrogens is 1. The molecule has 186 valence electrons. The molecule has 0 aliphatic rings. The van der Waals surface area contributed by atoms with Crippen LogP contribution in [0.3, 0.4) is 0 Å². The van der Waals surface area contributed by atoms with Crippen molar-refractivity contribution in [2.45, 2.75) is 59.3 Å². The number of carbonyl (C=O) groups is 2. The molecule has 35 heavy (non-hydrogen) atoms. The van der Waals surface area contributed by atoms with E-state index in [2.05, 4.69) is 15.8 Å². The summed E-state index contributed by atoms with van der Waals surface area (Å²) >= 11 is 6.29. The van der Waals surface area contributed by atoms with E-state index in [-0.39, 0.29) is 17.8 Å². The number of nitrogens with zero attached hydrogens (tertiary/aromatic N) is 1. The highest BCUT2D eigenvalue weighted by molar-refractivity contribution is 6.32. The standard InChI is InChI=1S/C26H30ClN3O5/c1-15(2)33-22-12-9-18(13-20(22)27)23-14-21(30-35-23)24(31)29-19-10-7-17(8-11-19)16(3)28-25(32)34-26(4,5)6/h7-16H,1-6H3,(H,28,32)(H,29,31)/t16-/m1/s1. The van der Waals surface area contributed by atoms with Crippen molar-refractivity contribution in [1.82, 2.24) is 10.5 Å². The number of rotatable bonds is 7. The monoisotopic (exact) mass is 499 g/mol. The van der Waals surface area contributed by atoms with E-state index in [0.29, 0.717) is 27.8 Å². The Balaban J connectivity index is 1.62. The zero-order valence-electron chi connectivity index (χ0n) is 20.6. The van der Waals surface area contributed by atoms with Gasteiger partial charge in [0, 0.05) is 17.3 Å². The Morgan fingerprint density at radius 3 is 2.31 bits per heavy atom. The first-order chi connectivity index (χ1) is 16.4. The molecule has 0 bridgehead atoms. The minimum atomic E-state index is -0.573. The van der Waals surface area contributed by atoms with E-state index in [1.54, 1.807) is 57.2 Å². The number of anilines is 1. The van der Waals surface area contributed by atoms with Crippen LogP contribution in [-0.4, -0.2) is 28.9 Å². The minimum Gasteiger partial charge on any atom is -0.489 e. The zero-order valence-corrected chi connectivity index (χ0v) is 21.4. The van der Waals surface area contributed by atoms with Gasteiger partial charge in [0.1, 0.15) is 11.4 Å². The number of nitrogens with one attached hydrogen (secondary N) is 2. The highest BCUT2D eigenvalue weighted by Gasteiger charge is 2.19. The van der Waals surface area contributed by atoms with E-state index in [1.165, 1.54) is 0 Å². The molecular formula is C26H30ClN3O5. The van der Waals surface area contributed by atoms with Gasteiger partial charge in [-0.3, -0.25) is 4.79 Å². The molecule has 2 amide bonds. The van der Waals surface area contributed by atoms with Crippen molar-refractivity contribution in [3.63, 3.8) is 0 Å². The van der Waals surface area contributed by atoms with Crippen molar-refractivity contribution >= 4 is 29.3 Å². The average Bonchev–Trinajstić information content (AvgIpc) is 3.24. The molecule has 8 nitrogen and oxygen atoms in total. The number of ether oxygens (including phenoxy) is 2. The molecule has 1 aromatic heterocycles. The lowest BCUT2D eigenvalue weighted by Gasteiger charge is -2.22. The van der Waals surface area contributed by atoms with Crippen LogP contribution in [0.5, 0.6) is 5.75 Å². The summed E-state index contributed by atoms with van der Waals surface area (Å²) in [7, 11) is 0. The number of alkyl carbamates (subject to hydrolysis) is 1. The number of amides is 2. The molecule has 0 fully saturated rings. The average molecular weight is 500 g/mol. The fourth-order valence-electron chi connectivity index (χ4n) is 3.14. The fraction of sp³-hybridized carbons (Fsp3) is 0.346. The molecule has 0 unspecified atom stereocenters. The van der Waals surface area contributed by atoms with Crippen molar-refractivity contribution in [2.24, 2.45) is 0 Å². The molecule has 2 N–H and O–H groups in total. The Labute approximate surface area is 209 Å². The third kappa shape index (κ3) is 7.48. The zero-order chi connectivity index (χ0) is 25.8. The number of hydrogen-bond donors (Lipinski definition) is 2. The molecule has 3 aromatic rings. The molecule has 3 rings (SSSR count). The normalized spacial score (nSPS) is 12.2. The van der Waals surface area contributed by atoms with E-state index in [9.17, 15) is 9.59 Å². The molecule has 1 atom stereocenters. The van der Waals surface area contributed by atoms with Gasteiger partial charge in [0.15, 0.2) is 11.5 Å². The van der Waals surface area contributed by atoms with Crippen molar-refractivity contribution < 1.29 is 23.6 Å². The molecule has 2 aromatic carbocycles. The van der Waals surface area contributed by atoms with Gasteiger partial charge in [-0.2, -0.15) is 0 Å². The highest BCUT2D eigenvalue weighted by Crippen LogP contribution is 2.31. The first-order valence-corrected chi connectivity index (χ1v) is 11.6. The summed E-state index contributed by atoms with van der Waals surface area (Å²) in [5.74, 6) is 0.561. The predicted octanol–water partition coefficient (Wildman–Crippen LogP) is 6.62. The SMILES string of the molecule is CC(C)Oc1ccc(-c2cc(C(=O)Nc3ccc([C@@H](C)NC(=O)OC(C)(C)C)cc3)no2)cc1Cl. The topological polar surface area (TPSA) is 103 Å². The van der Waals surface area contributed by atoms with Gasteiger partial charge in [0.2, 0.25) is 0 Å². The summed E-state index contributed by atoms with van der Waals surface area (Å²) < 4.78 is 16.3. The van der Waals surface area contributed by atoms with Gasteiger partial charge in [-0.05, 0) is 77.4 Å². The largest absolute Gasteiger partial charge is 0.489 e. The van der Waals surface area contributed by atoms with Gasteiger partial charge in [-0.15, -0.1) is 0 Å². The second-order valence-corrected chi connectivity index (χ2v) is 9.74. The molecule has 9 heteroatoms. The maximum absolute atomic E-state index is 12.6. The summed E-state index contributed by atoms with van der Waals surface area (Å²) in [6.45, 7) is 11.1. The summed E-state index contributed by atoms with van der Waals surface area (Å²) in [4.78, 5) is 24.6. The molecule has 0 saturated carbocycles. The number of carbonyl (C=O) groups excluding carboxylic acids is 2. The van der Waals surface area contributed by atoms with Gasteiger partial charge < -0.3 is 24.6 Å². The van der Waals surface area contributed by atoms with Crippen LogP contribution in [-0.2, 0) is 4.74 Å². The molecule has 0 aliphatic heterocycles. The van der Waals surface area contributed by atoms with E-state index in [1.807, 2.05) is 32.9 Å². The summed E-state index contributed by atoms with van der Waals surface area (Å²) in [6.07, 6.45) is -0.495. The second-order valence-electron chi connectivity index (χ2n) is 9.33. The van der Waals surface area contributed by atoms with Crippen LogP contribution in [0.4, 0.5) is 10.5 Å². The fourth-order valence-corrected chi connectivity index (χ4v) is 3.36. The second kappa shape index (κ2) is 10.8. The third-order valence-corrected chi connectivity index (χ3v) is 5.02. The Morgan fingerprint density at radius 2 is 1.71 bits per heavy atom. The van der Waals surface area contributed by atoms with E-state index in [0.717, 1.165) is 5.56 Å². The van der Waals surface area contributed by atoms with Crippen LogP contribution in [0.1, 0.15) is 63.6 Å². The van der Waals surface area contributed by atoms with E-state index < -0.39 is 17.6 Å². The number of halogens is 1. The smallest absolute Gasteiger partial charge is 0.408 e. The van der Waals surface area contributed by atoms with Crippen molar-refractivity contribution in [3.05, 3.63) is 64.8 Å². The van der Waals surface area contributed by atoms with Crippen molar-refractivity contribution in [1.29, 1.82) is 0 Å². The molecule has 0 saturated heterocycles. The van der Waals surface area contributed by atoms with Crippen LogP contribution in [0.25, 0.3) is 11.3 Å². The highest BCUT2D eigenvalue weighted by atomic mass is 35.5. The van der Waals surface area contributed by atoms with E-state index in [4.69, 9.17) is 25.6 Å². The molecule has 0 spiro atoms. The lowest BCUT2D eigenvalue weighted by Crippen LogP contribution is -2.34. The molecule has 0 radical (unpaired) electrons. The van der Waals surface area contributed by atoms with Gasteiger partial charge in [-0.25, -0.2) is 4.79 Å². The lowest BCUT2D eigenvalue weighted by molar-refractivity contribution is 0.0507. The van der Waals surface area contributed by atoms with Crippen LogP contribution < -0.4 is 15.4 Å². The Bertz CT molecular complexity index is 1180. The maximum atomic E-state index is 12.6. The summed E-state index contributed by atoms with van der Waals surface area (Å²) in [6, 6.07) is 13.6. The van der Waals surface area contributed by atoms with Crippen molar-refractivity contribution in [3.8, 4) is 17.1 Å². The first-order valence-electron chi connectivity index (χ1n) is 11.3. The van der Waals surface area contributed by atoms with Gasteiger partial charge in [-0.1, -0.05) is 28.9 Å². The predicted molar refractivity (Wildman–Crippen MR) is 135 cm³/mol. The first kappa shape index (κ1) is 26.1. The van der Waals surface area contributed by atoms with Gasteiger partial charge in [0.25, 0.3) is 5.91 Å². The van der Waals surface area contributed by atoms with Crippen LogP contribution >= 0.6 is 11.6 Å². The Kier molecular flexibility index (Phi) is 8.07. The van der Waals surface area contributed by atoms with Gasteiger partial charge >= 0.3 is 6.09 Å². The van der Waals surface area contributed by atoms with E-state index >= 15 is 0 Å². The maximum Gasteiger partial charge on any atom is 0.408 e. The van der Waals surface area contributed by atoms with Crippen LogP contribution in [0.2, 0.25) is 5.02 Å². The number of benzene rings is 2. The Hall–Kier alpha value is -3.52. The minimum absolute atomic E-state index is 0.00237. The Morgan fingerprint density at radius 1 is 1.03 bits per heavy atom. The molecular weight excluding hydrogens is 470 g/mol. The number of hydrogen-bond acceptors (Lipinski definition) is 6. The molecule has 1 heterocycles. The quantitative estimate of drug-likeness (QED) is 0.378.